The standard InChI is InChI=1S/C24H26N2O3/c1-2-28-22(27)24(18-10-4-3-5-11-18)15-25-23(29-24)26-21-19-12-6-8-16(19)14-17-9-7-13-20(17)21/h3-5,10-11,14H,2,6-9,12-13,15H2,1H3,(H,25,26)/t24-/m1/s1. The van der Waals surface area contributed by atoms with Crippen molar-refractivity contribution in [1.29, 1.82) is 0 Å². The molecule has 2 aliphatic carbocycles. The number of anilines is 1. The Morgan fingerprint density at radius 2 is 1.79 bits per heavy atom. The fourth-order valence-corrected chi connectivity index (χ4v) is 4.88. The van der Waals surface area contributed by atoms with Crippen LogP contribution in [0.15, 0.2) is 41.4 Å². The molecule has 0 unspecified atom stereocenters. The number of nitrogens with zero attached hydrogens (tertiary/aromatic N) is 1. The number of carbonyl (C=O) groups is 1. The van der Waals surface area contributed by atoms with Crippen molar-refractivity contribution < 1.29 is 14.3 Å². The average molecular weight is 390 g/mol. The zero-order chi connectivity index (χ0) is 19.8. The van der Waals surface area contributed by atoms with Gasteiger partial charge in [-0.2, -0.15) is 0 Å². The van der Waals surface area contributed by atoms with E-state index >= 15 is 0 Å². The second kappa shape index (κ2) is 7.21. The zero-order valence-corrected chi connectivity index (χ0v) is 16.8. The summed E-state index contributed by atoms with van der Waals surface area (Å²) in [5, 5.41) is 3.48. The topological polar surface area (TPSA) is 59.9 Å². The van der Waals surface area contributed by atoms with E-state index in [1.165, 1.54) is 40.8 Å². The predicted octanol–water partition coefficient (Wildman–Crippen LogP) is 3.92. The van der Waals surface area contributed by atoms with Crippen LogP contribution in [0.3, 0.4) is 0 Å². The number of hydrogen-bond donors (Lipinski definition) is 1. The van der Waals surface area contributed by atoms with E-state index in [2.05, 4.69) is 16.4 Å². The van der Waals surface area contributed by atoms with Crippen molar-refractivity contribution in [3.8, 4) is 0 Å². The van der Waals surface area contributed by atoms with Gasteiger partial charge in [0.1, 0.15) is 0 Å². The zero-order valence-electron chi connectivity index (χ0n) is 16.8. The van der Waals surface area contributed by atoms with Gasteiger partial charge in [-0.15, -0.1) is 0 Å². The smallest absolute Gasteiger partial charge is 0.357 e. The van der Waals surface area contributed by atoms with E-state index in [9.17, 15) is 4.79 Å². The van der Waals surface area contributed by atoms with Gasteiger partial charge in [-0.25, -0.2) is 9.79 Å². The molecule has 0 fully saturated rings. The fraction of sp³-hybridized carbons (Fsp3) is 0.417. The SMILES string of the molecule is CCOC(=O)[C@]1(c2ccccc2)CN=C(Nc2c3c(cc4c2CCC4)CCC3)O1. The molecule has 1 atom stereocenters. The molecular weight excluding hydrogens is 364 g/mol. The summed E-state index contributed by atoms with van der Waals surface area (Å²) >= 11 is 0. The van der Waals surface area contributed by atoms with Crippen LogP contribution in [-0.2, 0) is 45.6 Å². The molecule has 1 aliphatic heterocycles. The van der Waals surface area contributed by atoms with E-state index in [1.807, 2.05) is 37.3 Å². The maximum atomic E-state index is 12.9. The molecule has 3 aliphatic rings. The number of carbonyl (C=O) groups excluding carboxylic acids is 1. The number of aryl methyl sites for hydroxylation is 2. The molecule has 0 amide bonds. The average Bonchev–Trinajstić information content (AvgIpc) is 3.48. The van der Waals surface area contributed by atoms with Gasteiger partial charge in [-0.3, -0.25) is 0 Å². The number of esters is 1. The van der Waals surface area contributed by atoms with Gasteiger partial charge in [0.2, 0.25) is 0 Å². The second-order valence-corrected chi connectivity index (χ2v) is 8.00. The van der Waals surface area contributed by atoms with Gasteiger partial charge in [-0.05, 0) is 67.7 Å². The van der Waals surface area contributed by atoms with Gasteiger partial charge < -0.3 is 14.8 Å². The van der Waals surface area contributed by atoms with E-state index < -0.39 is 11.6 Å². The summed E-state index contributed by atoms with van der Waals surface area (Å²) in [7, 11) is 0. The van der Waals surface area contributed by atoms with Crippen LogP contribution in [0, 0.1) is 0 Å². The van der Waals surface area contributed by atoms with Crippen LogP contribution in [0.5, 0.6) is 0 Å². The molecule has 1 N–H and O–H groups in total. The second-order valence-electron chi connectivity index (χ2n) is 8.00. The van der Waals surface area contributed by atoms with E-state index in [-0.39, 0.29) is 6.54 Å². The summed E-state index contributed by atoms with van der Waals surface area (Å²) < 4.78 is 11.6. The Balaban J connectivity index is 1.47. The minimum atomic E-state index is -1.22. The molecule has 0 saturated carbocycles. The van der Waals surface area contributed by atoms with Crippen LogP contribution < -0.4 is 5.32 Å². The Hall–Kier alpha value is -2.82. The fourth-order valence-electron chi connectivity index (χ4n) is 4.88. The van der Waals surface area contributed by atoms with Crippen molar-refractivity contribution in [1.82, 2.24) is 0 Å². The molecule has 0 saturated heterocycles. The van der Waals surface area contributed by atoms with Crippen LogP contribution in [-0.4, -0.2) is 25.1 Å². The lowest BCUT2D eigenvalue weighted by atomic mass is 9.94. The minimum Gasteiger partial charge on any atom is -0.463 e. The molecule has 2 aromatic rings. The van der Waals surface area contributed by atoms with Crippen molar-refractivity contribution in [2.24, 2.45) is 4.99 Å². The van der Waals surface area contributed by atoms with Crippen LogP contribution in [0.25, 0.3) is 0 Å². The van der Waals surface area contributed by atoms with Crippen molar-refractivity contribution in [2.45, 2.75) is 51.0 Å². The molecule has 2 aromatic carbocycles. The summed E-state index contributed by atoms with van der Waals surface area (Å²) in [6.45, 7) is 2.33. The lowest BCUT2D eigenvalue weighted by Crippen LogP contribution is -2.41. The minimum absolute atomic E-state index is 0.218. The highest BCUT2D eigenvalue weighted by Gasteiger charge is 2.49. The largest absolute Gasteiger partial charge is 0.463 e. The molecule has 0 spiro atoms. The third kappa shape index (κ3) is 3.00. The Morgan fingerprint density at radius 1 is 1.10 bits per heavy atom. The van der Waals surface area contributed by atoms with E-state index in [4.69, 9.17) is 9.47 Å². The van der Waals surface area contributed by atoms with Crippen LogP contribution in [0.1, 0.15) is 47.6 Å². The normalized spacial score (nSPS) is 21.9. The van der Waals surface area contributed by atoms with Gasteiger partial charge in [0.15, 0.2) is 0 Å². The molecule has 150 valence electrons. The van der Waals surface area contributed by atoms with Gasteiger partial charge in [0.25, 0.3) is 11.6 Å². The Labute approximate surface area is 171 Å². The lowest BCUT2D eigenvalue weighted by molar-refractivity contribution is -0.161. The Bertz CT molecular complexity index is 951. The third-order valence-electron chi connectivity index (χ3n) is 6.27. The third-order valence-corrected chi connectivity index (χ3v) is 6.27. The van der Waals surface area contributed by atoms with Crippen molar-refractivity contribution in [2.75, 3.05) is 18.5 Å². The molecular formula is C24H26N2O3. The summed E-state index contributed by atoms with van der Waals surface area (Å²) in [4.78, 5) is 17.5. The Morgan fingerprint density at radius 3 is 2.45 bits per heavy atom. The number of fused-ring (bicyclic) bond motifs is 2. The molecule has 5 rings (SSSR count). The van der Waals surface area contributed by atoms with Crippen LogP contribution in [0.2, 0.25) is 0 Å². The maximum Gasteiger partial charge on any atom is 0.357 e. The van der Waals surface area contributed by atoms with Gasteiger partial charge in [-0.1, -0.05) is 36.4 Å². The van der Waals surface area contributed by atoms with Crippen molar-refractivity contribution >= 4 is 17.7 Å². The number of ether oxygens (including phenoxy) is 2. The molecule has 0 radical (unpaired) electrons. The highest BCUT2D eigenvalue weighted by molar-refractivity contribution is 5.97. The molecule has 0 bridgehead atoms. The van der Waals surface area contributed by atoms with Crippen molar-refractivity contribution in [3.63, 3.8) is 0 Å². The van der Waals surface area contributed by atoms with Crippen molar-refractivity contribution in [3.05, 3.63) is 64.2 Å². The number of amidine groups is 1. The first-order valence-electron chi connectivity index (χ1n) is 10.6. The summed E-state index contributed by atoms with van der Waals surface area (Å²) in [5.41, 5.74) is 6.40. The van der Waals surface area contributed by atoms with Crippen LogP contribution >= 0.6 is 0 Å². The van der Waals surface area contributed by atoms with Gasteiger partial charge >= 0.3 is 5.97 Å². The molecule has 1 heterocycles. The number of hydrogen-bond acceptors (Lipinski definition) is 5. The molecule has 0 aromatic heterocycles. The first-order valence-corrected chi connectivity index (χ1v) is 10.6. The molecule has 5 heteroatoms. The number of rotatable bonds is 4. The number of nitrogens with one attached hydrogen (secondary N) is 1. The first kappa shape index (κ1) is 18.2. The van der Waals surface area contributed by atoms with Gasteiger partial charge in [0, 0.05) is 11.3 Å². The lowest BCUT2D eigenvalue weighted by Gasteiger charge is -2.27. The predicted molar refractivity (Wildman–Crippen MR) is 112 cm³/mol. The van der Waals surface area contributed by atoms with Gasteiger partial charge in [0.05, 0.1) is 13.2 Å². The van der Waals surface area contributed by atoms with E-state index in [1.54, 1.807) is 0 Å². The number of aliphatic imine (C=N–C) groups is 1. The highest BCUT2D eigenvalue weighted by atomic mass is 16.6. The van der Waals surface area contributed by atoms with E-state index in [0.717, 1.165) is 31.2 Å². The summed E-state index contributed by atoms with van der Waals surface area (Å²) in [6, 6.07) is 12.3. The van der Waals surface area contributed by atoms with Crippen LogP contribution in [0.4, 0.5) is 5.69 Å². The summed E-state index contributed by atoms with van der Waals surface area (Å²) in [5.74, 6) is -0.393. The Kier molecular flexibility index (Phi) is 4.53. The first-order chi connectivity index (χ1) is 14.2. The quantitative estimate of drug-likeness (QED) is 0.804. The molecule has 29 heavy (non-hydrogen) atoms. The maximum absolute atomic E-state index is 12.9. The molecule has 5 nitrogen and oxygen atoms in total. The monoisotopic (exact) mass is 390 g/mol. The highest BCUT2D eigenvalue weighted by Crippen LogP contribution is 2.40. The number of benzene rings is 2. The summed E-state index contributed by atoms with van der Waals surface area (Å²) in [6.07, 6.45) is 6.83. The van der Waals surface area contributed by atoms with E-state index in [0.29, 0.717) is 12.6 Å².